The summed E-state index contributed by atoms with van der Waals surface area (Å²) in [6.45, 7) is 2.40. The third-order valence-corrected chi connectivity index (χ3v) is 6.19. The first kappa shape index (κ1) is 19.6. The van der Waals surface area contributed by atoms with Gasteiger partial charge in [-0.1, -0.05) is 30.3 Å². The van der Waals surface area contributed by atoms with E-state index in [1.165, 1.54) is 24.2 Å². The molecule has 2 aliphatic rings. The van der Waals surface area contributed by atoms with Crippen molar-refractivity contribution < 1.29 is 14.3 Å². The lowest BCUT2D eigenvalue weighted by atomic mass is 10.1. The topological polar surface area (TPSA) is 49.9 Å². The molecule has 0 saturated carbocycles. The van der Waals surface area contributed by atoms with Gasteiger partial charge in [-0.2, -0.15) is 0 Å². The predicted octanol–water partition coefficient (Wildman–Crippen LogP) is 4.92. The highest BCUT2D eigenvalue weighted by molar-refractivity contribution is 8.18. The van der Waals surface area contributed by atoms with Crippen molar-refractivity contribution in [1.29, 1.82) is 0 Å². The van der Waals surface area contributed by atoms with Gasteiger partial charge in [-0.25, -0.2) is 0 Å². The largest absolute Gasteiger partial charge is 0.496 e. The summed E-state index contributed by atoms with van der Waals surface area (Å²) >= 11 is 0.980. The highest BCUT2D eigenvalue weighted by Gasteiger charge is 2.35. The van der Waals surface area contributed by atoms with Crippen LogP contribution in [0, 0.1) is 0 Å². The second kappa shape index (κ2) is 8.74. The molecule has 29 heavy (non-hydrogen) atoms. The van der Waals surface area contributed by atoms with Gasteiger partial charge in [-0.3, -0.25) is 14.5 Å². The van der Waals surface area contributed by atoms with Crippen molar-refractivity contribution >= 4 is 34.7 Å². The maximum Gasteiger partial charge on any atom is 0.293 e. The first-order valence-corrected chi connectivity index (χ1v) is 10.7. The Bertz CT molecular complexity index is 936. The lowest BCUT2D eigenvalue weighted by Crippen LogP contribution is -2.29. The van der Waals surface area contributed by atoms with Crippen molar-refractivity contribution in [2.24, 2.45) is 0 Å². The molecule has 0 spiro atoms. The fourth-order valence-electron chi connectivity index (χ4n) is 3.71. The second-order valence-corrected chi connectivity index (χ2v) is 8.22. The maximum absolute atomic E-state index is 12.8. The molecule has 2 aliphatic heterocycles. The van der Waals surface area contributed by atoms with Gasteiger partial charge in [0.25, 0.3) is 11.1 Å². The van der Waals surface area contributed by atoms with Crippen LogP contribution in [0.5, 0.6) is 5.75 Å². The summed E-state index contributed by atoms with van der Waals surface area (Å²) in [4.78, 5) is 29.3. The third kappa shape index (κ3) is 4.32. The molecular weight excluding hydrogens is 384 g/mol. The van der Waals surface area contributed by atoms with Gasteiger partial charge < -0.3 is 9.64 Å². The van der Waals surface area contributed by atoms with Crippen LogP contribution in [0.25, 0.3) is 6.08 Å². The number of carbonyl (C=O) groups is 2. The lowest BCUT2D eigenvalue weighted by molar-refractivity contribution is -0.123. The van der Waals surface area contributed by atoms with Crippen molar-refractivity contribution in [3.8, 4) is 5.75 Å². The molecule has 0 bridgehead atoms. The van der Waals surface area contributed by atoms with Crippen molar-refractivity contribution in [1.82, 2.24) is 4.90 Å². The molecule has 0 unspecified atom stereocenters. The molecule has 2 amide bonds. The van der Waals surface area contributed by atoms with Gasteiger partial charge in [0.15, 0.2) is 0 Å². The summed E-state index contributed by atoms with van der Waals surface area (Å²) in [5, 5.41) is -0.242. The molecule has 2 heterocycles. The number of amides is 2. The SMILES string of the molecule is COc1cc(N2CCCCC2)ccc1/C=C1\SC(=O)N(Cc2ccccc2)C1=O. The lowest BCUT2D eigenvalue weighted by Gasteiger charge is -2.29. The fourth-order valence-corrected chi connectivity index (χ4v) is 4.54. The standard InChI is InChI=1S/C23H24N2O3S/c1-28-20-15-19(24-12-6-3-7-13-24)11-10-18(20)14-21-22(26)25(23(27)29-21)16-17-8-4-2-5-9-17/h2,4-5,8-11,14-15H,3,6-7,12-13,16H2,1H3/b21-14-. The molecule has 0 radical (unpaired) electrons. The van der Waals surface area contributed by atoms with Crippen LogP contribution in [0.4, 0.5) is 10.5 Å². The summed E-state index contributed by atoms with van der Waals surface area (Å²) in [6.07, 6.45) is 5.45. The van der Waals surface area contributed by atoms with E-state index in [0.717, 1.165) is 41.7 Å². The van der Waals surface area contributed by atoms with Gasteiger partial charge in [0, 0.05) is 30.4 Å². The highest BCUT2D eigenvalue weighted by atomic mass is 32.2. The quantitative estimate of drug-likeness (QED) is 0.657. The molecule has 2 fully saturated rings. The number of rotatable bonds is 5. The number of thioether (sulfide) groups is 1. The molecule has 2 saturated heterocycles. The van der Waals surface area contributed by atoms with Crippen LogP contribution in [0.2, 0.25) is 0 Å². The van der Waals surface area contributed by atoms with Gasteiger partial charge in [-0.15, -0.1) is 0 Å². The Morgan fingerprint density at radius 3 is 2.52 bits per heavy atom. The number of imide groups is 1. The Morgan fingerprint density at radius 2 is 1.79 bits per heavy atom. The Hall–Kier alpha value is -2.73. The van der Waals surface area contributed by atoms with E-state index in [9.17, 15) is 9.59 Å². The number of ether oxygens (including phenoxy) is 1. The van der Waals surface area contributed by atoms with E-state index in [-0.39, 0.29) is 17.7 Å². The first-order valence-electron chi connectivity index (χ1n) is 9.88. The van der Waals surface area contributed by atoms with Gasteiger partial charge in [-0.05, 0) is 54.8 Å². The Labute approximate surface area is 175 Å². The number of anilines is 1. The van der Waals surface area contributed by atoms with Crippen LogP contribution in [0.15, 0.2) is 53.4 Å². The average Bonchev–Trinajstić information content (AvgIpc) is 3.03. The monoisotopic (exact) mass is 408 g/mol. The maximum atomic E-state index is 12.8. The Morgan fingerprint density at radius 1 is 1.03 bits per heavy atom. The second-order valence-electron chi connectivity index (χ2n) is 7.23. The van der Waals surface area contributed by atoms with Crippen LogP contribution in [-0.4, -0.2) is 36.2 Å². The van der Waals surface area contributed by atoms with E-state index in [2.05, 4.69) is 11.0 Å². The fraction of sp³-hybridized carbons (Fsp3) is 0.304. The van der Waals surface area contributed by atoms with E-state index >= 15 is 0 Å². The van der Waals surface area contributed by atoms with Gasteiger partial charge >= 0.3 is 0 Å². The molecule has 150 valence electrons. The van der Waals surface area contributed by atoms with Crippen LogP contribution in [0.1, 0.15) is 30.4 Å². The summed E-state index contributed by atoms with van der Waals surface area (Å²) in [5.41, 5.74) is 2.87. The minimum Gasteiger partial charge on any atom is -0.496 e. The molecule has 2 aromatic carbocycles. The van der Waals surface area contributed by atoms with Crippen LogP contribution in [0.3, 0.4) is 0 Å². The molecule has 4 rings (SSSR count). The molecule has 0 aromatic heterocycles. The first-order chi connectivity index (χ1) is 14.2. The average molecular weight is 409 g/mol. The van der Waals surface area contributed by atoms with Crippen molar-refractivity contribution in [3.63, 3.8) is 0 Å². The van der Waals surface area contributed by atoms with E-state index in [1.807, 2.05) is 42.5 Å². The number of carbonyl (C=O) groups excluding carboxylic acids is 2. The van der Waals surface area contributed by atoms with Gasteiger partial charge in [0.1, 0.15) is 5.75 Å². The molecule has 6 heteroatoms. The predicted molar refractivity (Wildman–Crippen MR) is 117 cm³/mol. The van der Waals surface area contributed by atoms with Crippen molar-refractivity contribution in [2.75, 3.05) is 25.1 Å². The molecule has 0 N–H and O–H groups in total. The van der Waals surface area contributed by atoms with Crippen LogP contribution >= 0.6 is 11.8 Å². The van der Waals surface area contributed by atoms with E-state index in [0.29, 0.717) is 10.7 Å². The summed E-state index contributed by atoms with van der Waals surface area (Å²) < 4.78 is 5.58. The van der Waals surface area contributed by atoms with Crippen LogP contribution in [-0.2, 0) is 11.3 Å². The molecule has 0 atom stereocenters. The van der Waals surface area contributed by atoms with E-state index in [1.54, 1.807) is 13.2 Å². The number of hydrogen-bond donors (Lipinski definition) is 0. The zero-order valence-electron chi connectivity index (χ0n) is 16.5. The smallest absolute Gasteiger partial charge is 0.293 e. The highest BCUT2D eigenvalue weighted by Crippen LogP contribution is 2.36. The van der Waals surface area contributed by atoms with Crippen LogP contribution < -0.4 is 9.64 Å². The van der Waals surface area contributed by atoms with Crippen molar-refractivity contribution in [2.45, 2.75) is 25.8 Å². The number of methoxy groups -OCH3 is 1. The van der Waals surface area contributed by atoms with E-state index < -0.39 is 0 Å². The Balaban J connectivity index is 1.55. The number of nitrogens with zero attached hydrogens (tertiary/aromatic N) is 2. The summed E-state index contributed by atoms with van der Waals surface area (Å²) in [7, 11) is 1.63. The minimum atomic E-state index is -0.258. The molecular formula is C23H24N2O3S. The van der Waals surface area contributed by atoms with Crippen molar-refractivity contribution in [3.05, 3.63) is 64.6 Å². The van der Waals surface area contributed by atoms with Gasteiger partial charge in [0.05, 0.1) is 18.6 Å². The minimum absolute atomic E-state index is 0.242. The molecule has 5 nitrogen and oxygen atoms in total. The number of piperidine rings is 1. The number of hydrogen-bond acceptors (Lipinski definition) is 5. The Kier molecular flexibility index (Phi) is 5.90. The summed E-state index contributed by atoms with van der Waals surface area (Å²) in [5.74, 6) is 0.453. The summed E-state index contributed by atoms with van der Waals surface area (Å²) in [6, 6.07) is 15.6. The molecule has 0 aliphatic carbocycles. The van der Waals surface area contributed by atoms with Gasteiger partial charge in [0.2, 0.25) is 0 Å². The normalized spacial score (nSPS) is 18.6. The number of benzene rings is 2. The zero-order chi connectivity index (χ0) is 20.2. The third-order valence-electron chi connectivity index (χ3n) is 5.28. The molecule has 2 aromatic rings. The van der Waals surface area contributed by atoms with E-state index in [4.69, 9.17) is 4.74 Å². The zero-order valence-corrected chi connectivity index (χ0v) is 17.3.